The zero-order valence-electron chi connectivity index (χ0n) is 15.0. The summed E-state index contributed by atoms with van der Waals surface area (Å²) in [5.74, 6) is -0.116. The molecule has 136 valence electrons. The highest BCUT2D eigenvalue weighted by atomic mass is 32.1. The smallest absolute Gasteiger partial charge is 0.345 e. The van der Waals surface area contributed by atoms with Crippen LogP contribution in [0.2, 0.25) is 0 Å². The first-order valence-corrected chi connectivity index (χ1v) is 9.87. The quantitative estimate of drug-likeness (QED) is 0.714. The Morgan fingerprint density at radius 3 is 3.00 bits per heavy atom. The van der Waals surface area contributed by atoms with Gasteiger partial charge in [-0.25, -0.2) is 4.79 Å². The van der Waals surface area contributed by atoms with Crippen molar-refractivity contribution < 1.29 is 9.21 Å². The second-order valence-corrected chi connectivity index (χ2v) is 7.93. The van der Waals surface area contributed by atoms with Crippen molar-refractivity contribution in [2.45, 2.75) is 32.7 Å². The van der Waals surface area contributed by atoms with E-state index in [1.54, 1.807) is 6.07 Å². The molecule has 1 saturated heterocycles. The highest BCUT2D eigenvalue weighted by molar-refractivity contribution is 7.21. The summed E-state index contributed by atoms with van der Waals surface area (Å²) in [6, 6.07) is 7.79. The average Bonchev–Trinajstić information content (AvgIpc) is 3.27. The second-order valence-electron chi connectivity index (χ2n) is 6.88. The van der Waals surface area contributed by atoms with E-state index in [2.05, 4.69) is 17.1 Å². The molecule has 5 nitrogen and oxygen atoms in total. The number of nitrogens with one attached hydrogen (secondary N) is 1. The van der Waals surface area contributed by atoms with Crippen molar-refractivity contribution in [1.29, 1.82) is 0 Å². The van der Waals surface area contributed by atoms with Gasteiger partial charge in [-0.1, -0.05) is 18.6 Å². The molecule has 4 rings (SSSR count). The number of amides is 1. The lowest BCUT2D eigenvalue weighted by Crippen LogP contribution is -2.39. The van der Waals surface area contributed by atoms with Gasteiger partial charge >= 0.3 is 5.63 Å². The molecule has 0 aliphatic carbocycles. The van der Waals surface area contributed by atoms with Crippen LogP contribution in [0.4, 0.5) is 0 Å². The molecule has 6 heteroatoms. The van der Waals surface area contributed by atoms with E-state index in [9.17, 15) is 9.59 Å². The van der Waals surface area contributed by atoms with E-state index < -0.39 is 0 Å². The van der Waals surface area contributed by atoms with E-state index in [4.69, 9.17) is 4.42 Å². The Balaban J connectivity index is 1.63. The number of carbonyl (C=O) groups is 1. The largest absolute Gasteiger partial charge is 0.422 e. The van der Waals surface area contributed by atoms with Gasteiger partial charge in [0.05, 0.1) is 15.0 Å². The SMILES string of the molecule is CCN1CCCC1CNC(=O)c1cc2c(=O)oc3ccc(C)cc3c2s1. The Kier molecular flexibility index (Phi) is 4.54. The van der Waals surface area contributed by atoms with Gasteiger partial charge in [0.25, 0.3) is 5.91 Å². The van der Waals surface area contributed by atoms with Gasteiger partial charge in [-0.2, -0.15) is 0 Å². The Bertz CT molecular complexity index is 1040. The van der Waals surface area contributed by atoms with Crippen LogP contribution in [-0.4, -0.2) is 36.5 Å². The van der Waals surface area contributed by atoms with E-state index in [-0.39, 0.29) is 11.5 Å². The fourth-order valence-electron chi connectivity index (χ4n) is 3.76. The maximum Gasteiger partial charge on any atom is 0.345 e. The summed E-state index contributed by atoms with van der Waals surface area (Å²) in [6.07, 6.45) is 2.30. The van der Waals surface area contributed by atoms with Crippen LogP contribution in [0, 0.1) is 6.92 Å². The molecule has 1 atom stereocenters. The molecule has 0 saturated carbocycles. The number of rotatable bonds is 4. The van der Waals surface area contributed by atoms with Gasteiger partial charge in [0.1, 0.15) is 5.58 Å². The summed E-state index contributed by atoms with van der Waals surface area (Å²) >= 11 is 1.36. The molecule has 26 heavy (non-hydrogen) atoms. The number of hydrogen-bond acceptors (Lipinski definition) is 5. The van der Waals surface area contributed by atoms with Crippen molar-refractivity contribution in [2.24, 2.45) is 0 Å². The van der Waals surface area contributed by atoms with Gasteiger partial charge in [0, 0.05) is 18.0 Å². The molecule has 1 aliphatic heterocycles. The number of hydrogen-bond donors (Lipinski definition) is 1. The molecule has 0 spiro atoms. The van der Waals surface area contributed by atoms with Crippen LogP contribution in [0.1, 0.15) is 35.0 Å². The van der Waals surface area contributed by atoms with Crippen molar-refractivity contribution in [2.75, 3.05) is 19.6 Å². The lowest BCUT2D eigenvalue weighted by molar-refractivity contribution is 0.0945. The van der Waals surface area contributed by atoms with Crippen LogP contribution in [-0.2, 0) is 0 Å². The molecule has 0 radical (unpaired) electrons. The summed E-state index contributed by atoms with van der Waals surface area (Å²) in [6.45, 7) is 6.91. The molecule has 1 aliphatic rings. The molecule has 3 aromatic rings. The average molecular weight is 370 g/mol. The van der Waals surface area contributed by atoms with E-state index in [1.165, 1.54) is 17.8 Å². The second kappa shape index (κ2) is 6.85. The Morgan fingerprint density at radius 2 is 2.19 bits per heavy atom. The van der Waals surface area contributed by atoms with Gasteiger partial charge in [-0.05, 0) is 51.1 Å². The van der Waals surface area contributed by atoms with Crippen LogP contribution in [0.5, 0.6) is 0 Å². The van der Waals surface area contributed by atoms with Crippen molar-refractivity contribution in [3.63, 3.8) is 0 Å². The Hall–Kier alpha value is -2.18. The summed E-state index contributed by atoms with van der Waals surface area (Å²) in [5.41, 5.74) is 1.26. The van der Waals surface area contributed by atoms with Gasteiger partial charge in [-0.15, -0.1) is 11.3 Å². The van der Waals surface area contributed by atoms with E-state index in [1.807, 2.05) is 25.1 Å². The standard InChI is InChI=1S/C20H22N2O3S/c1-3-22-8-4-5-13(22)11-21-19(23)17-10-15-18(26-17)14-9-12(2)6-7-16(14)25-20(15)24/h6-7,9-10,13H,3-5,8,11H2,1-2H3,(H,21,23). The Labute approximate surface area is 155 Å². The number of thiophene rings is 1. The minimum Gasteiger partial charge on any atom is -0.422 e. The summed E-state index contributed by atoms with van der Waals surface area (Å²) < 4.78 is 6.23. The molecule has 2 aromatic heterocycles. The first-order valence-electron chi connectivity index (χ1n) is 9.06. The minimum atomic E-state index is -0.389. The number of likely N-dealkylation sites (N-methyl/N-ethyl adjacent to an activating group) is 1. The normalized spacial score (nSPS) is 18.0. The number of benzene rings is 1. The number of aryl methyl sites for hydroxylation is 1. The Morgan fingerprint density at radius 1 is 1.35 bits per heavy atom. The third kappa shape index (κ3) is 3.04. The highest BCUT2D eigenvalue weighted by Crippen LogP contribution is 2.31. The van der Waals surface area contributed by atoms with Crippen LogP contribution in [0.25, 0.3) is 21.1 Å². The maximum absolute atomic E-state index is 12.6. The number of fused-ring (bicyclic) bond motifs is 3. The van der Waals surface area contributed by atoms with Crippen LogP contribution >= 0.6 is 11.3 Å². The molecular formula is C20H22N2O3S. The van der Waals surface area contributed by atoms with E-state index in [0.717, 1.165) is 35.2 Å². The van der Waals surface area contributed by atoms with Crippen LogP contribution < -0.4 is 10.9 Å². The topological polar surface area (TPSA) is 62.6 Å². The number of nitrogens with zero attached hydrogens (tertiary/aromatic N) is 1. The minimum absolute atomic E-state index is 0.116. The molecule has 0 bridgehead atoms. The lowest BCUT2D eigenvalue weighted by atomic mass is 10.1. The zero-order chi connectivity index (χ0) is 18.3. The molecule has 3 heterocycles. The van der Waals surface area contributed by atoms with Gasteiger partial charge < -0.3 is 9.73 Å². The fraction of sp³-hybridized carbons (Fsp3) is 0.400. The van der Waals surface area contributed by atoms with Gasteiger partial charge in [-0.3, -0.25) is 9.69 Å². The van der Waals surface area contributed by atoms with Gasteiger partial charge in [0.2, 0.25) is 0 Å². The van der Waals surface area contributed by atoms with Crippen LogP contribution in [0.15, 0.2) is 33.5 Å². The van der Waals surface area contributed by atoms with Crippen molar-refractivity contribution in [1.82, 2.24) is 10.2 Å². The third-order valence-corrected chi connectivity index (χ3v) is 6.33. The van der Waals surface area contributed by atoms with Crippen molar-refractivity contribution >= 4 is 38.3 Å². The molecular weight excluding hydrogens is 348 g/mol. The third-order valence-electron chi connectivity index (χ3n) is 5.16. The highest BCUT2D eigenvalue weighted by Gasteiger charge is 2.24. The predicted octanol–water partition coefficient (Wildman–Crippen LogP) is 3.53. The fourth-order valence-corrected chi connectivity index (χ4v) is 4.84. The lowest BCUT2D eigenvalue weighted by Gasteiger charge is -2.22. The first kappa shape index (κ1) is 17.2. The predicted molar refractivity (Wildman–Crippen MR) is 105 cm³/mol. The van der Waals surface area contributed by atoms with Crippen molar-refractivity contribution in [3.8, 4) is 0 Å². The van der Waals surface area contributed by atoms with Crippen molar-refractivity contribution in [3.05, 3.63) is 45.1 Å². The van der Waals surface area contributed by atoms with Gasteiger partial charge in [0.15, 0.2) is 0 Å². The molecule has 1 aromatic carbocycles. The summed E-state index contributed by atoms with van der Waals surface area (Å²) in [7, 11) is 0. The summed E-state index contributed by atoms with van der Waals surface area (Å²) in [5, 5.41) is 4.41. The first-order chi connectivity index (χ1) is 12.6. The number of likely N-dealkylation sites (tertiary alicyclic amines) is 1. The molecule has 1 fully saturated rings. The maximum atomic E-state index is 12.6. The monoisotopic (exact) mass is 370 g/mol. The van der Waals surface area contributed by atoms with E-state index in [0.29, 0.717) is 28.4 Å². The number of carbonyl (C=O) groups excluding carboxylic acids is 1. The molecule has 1 amide bonds. The van der Waals surface area contributed by atoms with Crippen LogP contribution in [0.3, 0.4) is 0 Å². The zero-order valence-corrected chi connectivity index (χ0v) is 15.8. The molecule has 1 N–H and O–H groups in total. The van der Waals surface area contributed by atoms with E-state index >= 15 is 0 Å². The molecule has 1 unspecified atom stereocenters. The summed E-state index contributed by atoms with van der Waals surface area (Å²) in [4.78, 5) is 27.8.